The fourth-order valence-electron chi connectivity index (χ4n) is 2.06. The van der Waals surface area contributed by atoms with Crippen LogP contribution in [0.4, 0.5) is 0 Å². The van der Waals surface area contributed by atoms with E-state index in [1.165, 1.54) is 11.1 Å². The molecular formula is C14H26O4Si2. The van der Waals surface area contributed by atoms with Crippen LogP contribution in [0.2, 0.25) is 13.1 Å². The molecule has 0 bridgehead atoms. The van der Waals surface area contributed by atoms with Crippen LogP contribution in [-0.2, 0) is 29.8 Å². The maximum absolute atomic E-state index is 5.59. The summed E-state index contributed by atoms with van der Waals surface area (Å²) in [6.07, 6.45) is 0. The lowest BCUT2D eigenvalue weighted by Crippen LogP contribution is -2.45. The van der Waals surface area contributed by atoms with Gasteiger partial charge in [-0.15, -0.1) is 0 Å². The maximum atomic E-state index is 5.59. The summed E-state index contributed by atoms with van der Waals surface area (Å²) >= 11 is 0. The van der Waals surface area contributed by atoms with Crippen LogP contribution in [0.3, 0.4) is 0 Å². The van der Waals surface area contributed by atoms with Crippen molar-refractivity contribution in [2.45, 2.75) is 25.2 Å². The number of rotatable bonds is 8. The Morgan fingerprint density at radius 2 is 1.10 bits per heavy atom. The Morgan fingerprint density at radius 3 is 1.45 bits per heavy atom. The van der Waals surface area contributed by atoms with Crippen LogP contribution in [0.1, 0.15) is 11.1 Å². The molecular weight excluding hydrogens is 288 g/mol. The summed E-state index contributed by atoms with van der Waals surface area (Å²) in [6.45, 7) is 4.44. The molecule has 1 rings (SSSR count). The first-order valence-corrected chi connectivity index (χ1v) is 11.7. The summed E-state index contributed by atoms with van der Waals surface area (Å²) in [5, 5.41) is 0. The van der Waals surface area contributed by atoms with Gasteiger partial charge in [0.1, 0.15) is 0 Å². The highest BCUT2D eigenvalue weighted by Gasteiger charge is 2.37. The SMILES string of the molecule is CO[Si](C)(C)Cc1ccc(C[Si](OC)(OC)OC)cc1. The van der Waals surface area contributed by atoms with Gasteiger partial charge in [0.15, 0.2) is 8.32 Å². The molecule has 0 heterocycles. The summed E-state index contributed by atoms with van der Waals surface area (Å²) in [5.41, 5.74) is 2.48. The van der Waals surface area contributed by atoms with Crippen LogP contribution >= 0.6 is 0 Å². The second kappa shape index (κ2) is 7.49. The van der Waals surface area contributed by atoms with Crippen molar-refractivity contribution in [2.75, 3.05) is 28.4 Å². The van der Waals surface area contributed by atoms with Crippen LogP contribution in [0.5, 0.6) is 0 Å². The zero-order chi connectivity index (χ0) is 15.2. The molecule has 1 aromatic carbocycles. The van der Waals surface area contributed by atoms with Crippen molar-refractivity contribution in [1.82, 2.24) is 0 Å². The molecule has 0 amide bonds. The Morgan fingerprint density at radius 1 is 0.700 bits per heavy atom. The molecule has 6 heteroatoms. The van der Waals surface area contributed by atoms with Gasteiger partial charge in [-0.25, -0.2) is 0 Å². The van der Waals surface area contributed by atoms with E-state index in [0.29, 0.717) is 6.04 Å². The monoisotopic (exact) mass is 314 g/mol. The predicted molar refractivity (Wildman–Crippen MR) is 85.1 cm³/mol. The molecule has 20 heavy (non-hydrogen) atoms. The number of hydrogen-bond acceptors (Lipinski definition) is 4. The Balaban J connectivity index is 2.76. The van der Waals surface area contributed by atoms with Gasteiger partial charge in [-0.2, -0.15) is 0 Å². The Hall–Kier alpha value is -0.506. The molecule has 114 valence electrons. The summed E-state index contributed by atoms with van der Waals surface area (Å²) in [6, 6.07) is 10.3. The normalized spacial score (nSPS) is 12.7. The van der Waals surface area contributed by atoms with E-state index >= 15 is 0 Å². The second-order valence-electron chi connectivity index (χ2n) is 5.43. The van der Waals surface area contributed by atoms with Gasteiger partial charge >= 0.3 is 8.80 Å². The third-order valence-corrected chi connectivity index (χ3v) is 8.63. The van der Waals surface area contributed by atoms with Crippen molar-refractivity contribution in [2.24, 2.45) is 0 Å². The minimum atomic E-state index is -2.55. The molecule has 0 aliphatic carbocycles. The lowest BCUT2D eigenvalue weighted by molar-refractivity contribution is 0.122. The molecule has 0 aromatic heterocycles. The number of benzene rings is 1. The molecule has 0 atom stereocenters. The summed E-state index contributed by atoms with van der Waals surface area (Å²) in [5.74, 6) is 0. The second-order valence-corrected chi connectivity index (χ2v) is 12.7. The molecule has 0 N–H and O–H groups in total. The van der Waals surface area contributed by atoms with E-state index in [0.717, 1.165) is 6.04 Å². The first-order valence-electron chi connectivity index (χ1n) is 6.69. The van der Waals surface area contributed by atoms with E-state index in [4.69, 9.17) is 17.7 Å². The standard InChI is InChI=1S/C14H26O4Si2/c1-15-19(5,6)11-13-7-9-14(10-8-13)12-20(16-2,17-3)18-4/h7-10H,11-12H2,1-6H3. The molecule has 4 nitrogen and oxygen atoms in total. The van der Waals surface area contributed by atoms with E-state index in [1.807, 2.05) is 0 Å². The average Bonchev–Trinajstić information content (AvgIpc) is 2.46. The lowest BCUT2D eigenvalue weighted by atomic mass is 10.2. The first kappa shape index (κ1) is 17.5. The molecule has 0 saturated heterocycles. The molecule has 0 aliphatic rings. The molecule has 0 saturated carbocycles. The largest absolute Gasteiger partial charge is 0.504 e. The smallest absolute Gasteiger partial charge is 0.420 e. The van der Waals surface area contributed by atoms with Gasteiger partial charge in [0.25, 0.3) is 0 Å². The molecule has 0 fully saturated rings. The lowest BCUT2D eigenvalue weighted by Gasteiger charge is -2.24. The quantitative estimate of drug-likeness (QED) is 0.691. The van der Waals surface area contributed by atoms with E-state index < -0.39 is 17.1 Å². The predicted octanol–water partition coefficient (Wildman–Crippen LogP) is 2.58. The zero-order valence-corrected chi connectivity index (χ0v) is 15.4. The van der Waals surface area contributed by atoms with Crippen LogP contribution in [0.25, 0.3) is 0 Å². The Labute approximate surface area is 124 Å². The first-order chi connectivity index (χ1) is 9.40. The van der Waals surface area contributed by atoms with Crippen LogP contribution in [0, 0.1) is 0 Å². The third-order valence-electron chi connectivity index (χ3n) is 3.56. The highest BCUT2D eigenvalue weighted by Crippen LogP contribution is 2.17. The van der Waals surface area contributed by atoms with E-state index in [9.17, 15) is 0 Å². The topological polar surface area (TPSA) is 36.9 Å². The van der Waals surface area contributed by atoms with E-state index in [2.05, 4.69) is 37.4 Å². The van der Waals surface area contributed by atoms with Crippen molar-refractivity contribution < 1.29 is 17.7 Å². The molecule has 1 aromatic rings. The van der Waals surface area contributed by atoms with Gasteiger partial charge in [-0.1, -0.05) is 24.3 Å². The minimum Gasteiger partial charge on any atom is -0.420 e. The van der Waals surface area contributed by atoms with Crippen molar-refractivity contribution in [3.8, 4) is 0 Å². The maximum Gasteiger partial charge on any atom is 0.504 e. The average molecular weight is 315 g/mol. The summed E-state index contributed by atoms with van der Waals surface area (Å²) in [4.78, 5) is 0. The minimum absolute atomic E-state index is 0.682. The zero-order valence-electron chi connectivity index (χ0n) is 13.4. The van der Waals surface area contributed by atoms with Crippen LogP contribution in [-0.4, -0.2) is 45.6 Å². The molecule has 0 aliphatic heterocycles. The molecule has 0 radical (unpaired) electrons. The van der Waals surface area contributed by atoms with Crippen molar-refractivity contribution in [3.05, 3.63) is 35.4 Å². The van der Waals surface area contributed by atoms with E-state index in [-0.39, 0.29) is 0 Å². The highest BCUT2D eigenvalue weighted by molar-refractivity contribution is 6.70. The fraction of sp³-hybridized carbons (Fsp3) is 0.571. The highest BCUT2D eigenvalue weighted by atomic mass is 28.4. The van der Waals surface area contributed by atoms with Crippen molar-refractivity contribution in [3.63, 3.8) is 0 Å². The van der Waals surface area contributed by atoms with Gasteiger partial charge < -0.3 is 17.7 Å². The van der Waals surface area contributed by atoms with Gasteiger partial charge in [0.05, 0.1) is 0 Å². The van der Waals surface area contributed by atoms with Crippen molar-refractivity contribution in [1.29, 1.82) is 0 Å². The summed E-state index contributed by atoms with van der Waals surface area (Å²) < 4.78 is 21.9. The molecule has 0 unspecified atom stereocenters. The van der Waals surface area contributed by atoms with Gasteiger partial charge in [-0.3, -0.25) is 0 Å². The fourth-order valence-corrected chi connectivity index (χ4v) is 5.09. The van der Waals surface area contributed by atoms with Gasteiger partial charge in [0.2, 0.25) is 0 Å². The Bertz CT molecular complexity index is 394. The molecule has 0 spiro atoms. The van der Waals surface area contributed by atoms with Gasteiger partial charge in [-0.05, 0) is 30.3 Å². The van der Waals surface area contributed by atoms with Crippen molar-refractivity contribution >= 4 is 17.1 Å². The Kier molecular flexibility index (Phi) is 6.57. The van der Waals surface area contributed by atoms with Crippen LogP contribution in [0.15, 0.2) is 24.3 Å². The van der Waals surface area contributed by atoms with Gasteiger partial charge in [0, 0.05) is 34.5 Å². The third kappa shape index (κ3) is 4.80. The number of hydrogen-bond donors (Lipinski definition) is 0. The van der Waals surface area contributed by atoms with Crippen LogP contribution < -0.4 is 0 Å². The summed E-state index contributed by atoms with van der Waals surface area (Å²) in [7, 11) is 2.61. The van der Waals surface area contributed by atoms with E-state index in [1.54, 1.807) is 28.4 Å².